The van der Waals surface area contributed by atoms with E-state index in [1.54, 1.807) is 6.07 Å². The van der Waals surface area contributed by atoms with Crippen LogP contribution in [0.3, 0.4) is 0 Å². The van der Waals surface area contributed by atoms with Gasteiger partial charge in [-0.05, 0) is 0 Å². The van der Waals surface area contributed by atoms with Crippen LogP contribution in [0.15, 0.2) is 6.07 Å². The molecule has 0 aliphatic carbocycles. The molecule has 1 aliphatic rings. The fourth-order valence-electron chi connectivity index (χ4n) is 1.92. The molecule has 3 N–H and O–H groups in total. The third kappa shape index (κ3) is 2.34. The van der Waals surface area contributed by atoms with E-state index in [0.717, 1.165) is 6.42 Å². The summed E-state index contributed by atoms with van der Waals surface area (Å²) in [6, 6.07) is 1.02. The minimum Gasteiger partial charge on any atom is -0.495 e. The summed E-state index contributed by atoms with van der Waals surface area (Å²) < 4.78 is 16.5. The summed E-state index contributed by atoms with van der Waals surface area (Å²) in [6.45, 7) is 0.860. The number of methoxy groups -OCH3 is 1. The van der Waals surface area contributed by atoms with Gasteiger partial charge in [0.05, 0.1) is 43.6 Å². The van der Waals surface area contributed by atoms with Gasteiger partial charge in [0.25, 0.3) is 0 Å². The molecule has 0 aromatic heterocycles. The fraction of sp³-hybridized carbons (Fsp3) is 0.500. The van der Waals surface area contributed by atoms with Gasteiger partial charge in [0.2, 0.25) is 0 Å². The number of fused-ring (bicyclic) bond motifs is 1. The van der Waals surface area contributed by atoms with Crippen LogP contribution < -0.4 is 19.9 Å². The van der Waals surface area contributed by atoms with Gasteiger partial charge in [-0.25, -0.2) is 0 Å². The number of aliphatic hydroxyl groups is 1. The molecule has 1 aromatic rings. The van der Waals surface area contributed by atoms with Crippen molar-refractivity contribution >= 4 is 11.6 Å². The monoisotopic (exact) mass is 273 g/mol. The SMILES string of the molecule is COc1c(Cl)cc2c(c1C(N)CO)OCCCO2. The summed E-state index contributed by atoms with van der Waals surface area (Å²) in [5.41, 5.74) is 6.44. The Kier molecular flexibility index (Phi) is 4.16. The normalized spacial score (nSPS) is 16.0. The highest BCUT2D eigenvalue weighted by Crippen LogP contribution is 2.46. The second-order valence-electron chi connectivity index (χ2n) is 3.97. The lowest BCUT2D eigenvalue weighted by Crippen LogP contribution is -2.17. The van der Waals surface area contributed by atoms with Gasteiger partial charge in [0, 0.05) is 12.5 Å². The molecule has 1 atom stereocenters. The zero-order chi connectivity index (χ0) is 13.1. The van der Waals surface area contributed by atoms with Gasteiger partial charge >= 0.3 is 0 Å². The first-order valence-corrected chi connectivity index (χ1v) is 6.09. The van der Waals surface area contributed by atoms with Crippen LogP contribution in [0.1, 0.15) is 18.0 Å². The Hall–Kier alpha value is -1.17. The molecule has 6 heteroatoms. The molecule has 0 saturated heterocycles. The highest BCUT2D eigenvalue weighted by molar-refractivity contribution is 6.32. The van der Waals surface area contributed by atoms with Crippen molar-refractivity contribution in [1.29, 1.82) is 0 Å². The number of hydrogen-bond donors (Lipinski definition) is 2. The van der Waals surface area contributed by atoms with Crippen molar-refractivity contribution in [3.8, 4) is 17.2 Å². The van der Waals surface area contributed by atoms with Crippen molar-refractivity contribution in [2.45, 2.75) is 12.5 Å². The molecule has 100 valence electrons. The average molecular weight is 274 g/mol. The van der Waals surface area contributed by atoms with Gasteiger partial charge in [-0.1, -0.05) is 11.6 Å². The van der Waals surface area contributed by atoms with Crippen LogP contribution in [-0.2, 0) is 0 Å². The highest BCUT2D eigenvalue weighted by Gasteiger charge is 2.26. The zero-order valence-corrected chi connectivity index (χ0v) is 10.9. The van der Waals surface area contributed by atoms with Crippen molar-refractivity contribution in [2.75, 3.05) is 26.9 Å². The Bertz CT molecular complexity index is 439. The van der Waals surface area contributed by atoms with Crippen LogP contribution in [0, 0.1) is 0 Å². The van der Waals surface area contributed by atoms with Crippen LogP contribution in [0.4, 0.5) is 0 Å². The Morgan fingerprint density at radius 3 is 2.89 bits per heavy atom. The summed E-state index contributed by atoms with van der Waals surface area (Å²) in [6.07, 6.45) is 0.780. The van der Waals surface area contributed by atoms with Crippen molar-refractivity contribution in [2.24, 2.45) is 5.73 Å². The number of halogens is 1. The molecule has 1 aromatic carbocycles. The van der Waals surface area contributed by atoms with Crippen LogP contribution in [0.25, 0.3) is 0 Å². The molecule has 5 nitrogen and oxygen atoms in total. The van der Waals surface area contributed by atoms with E-state index in [4.69, 9.17) is 31.5 Å². The summed E-state index contributed by atoms with van der Waals surface area (Å²) in [5, 5.41) is 9.64. The van der Waals surface area contributed by atoms with E-state index in [1.807, 2.05) is 0 Å². The van der Waals surface area contributed by atoms with Crippen molar-refractivity contribution in [3.05, 3.63) is 16.7 Å². The molecule has 2 rings (SSSR count). The van der Waals surface area contributed by atoms with Crippen molar-refractivity contribution in [1.82, 2.24) is 0 Å². The highest BCUT2D eigenvalue weighted by atomic mass is 35.5. The van der Waals surface area contributed by atoms with Crippen LogP contribution in [-0.4, -0.2) is 32.0 Å². The Morgan fingerprint density at radius 1 is 1.50 bits per heavy atom. The van der Waals surface area contributed by atoms with Gasteiger partial charge in [-0.2, -0.15) is 0 Å². The first-order chi connectivity index (χ1) is 8.69. The largest absolute Gasteiger partial charge is 0.495 e. The molecule has 0 fully saturated rings. The quantitative estimate of drug-likeness (QED) is 0.873. The lowest BCUT2D eigenvalue weighted by Gasteiger charge is -2.20. The first kappa shape index (κ1) is 13.3. The number of benzene rings is 1. The minimum absolute atomic E-state index is 0.230. The molecule has 1 aliphatic heterocycles. The third-order valence-corrected chi connectivity index (χ3v) is 3.03. The predicted octanol–water partition coefficient (Wildman–Crippen LogP) is 1.50. The maximum Gasteiger partial charge on any atom is 0.169 e. The summed E-state index contributed by atoms with van der Waals surface area (Å²) in [5.74, 6) is 1.47. The molecule has 0 saturated carbocycles. The topological polar surface area (TPSA) is 73.9 Å². The number of hydrogen-bond acceptors (Lipinski definition) is 5. The standard InChI is InChI=1S/C12H16ClNO4/c1-16-11-7(13)5-9-12(10(11)8(14)6-15)18-4-2-3-17-9/h5,8,15H,2-4,6,14H2,1H3. The molecule has 0 amide bonds. The molecule has 1 unspecified atom stereocenters. The minimum atomic E-state index is -0.630. The van der Waals surface area contributed by atoms with E-state index < -0.39 is 6.04 Å². The lowest BCUT2D eigenvalue weighted by molar-refractivity contribution is 0.256. The number of nitrogens with two attached hydrogens (primary N) is 1. The van der Waals surface area contributed by atoms with E-state index in [2.05, 4.69) is 0 Å². The molecule has 1 heterocycles. The van der Waals surface area contributed by atoms with E-state index in [-0.39, 0.29) is 6.61 Å². The summed E-state index contributed by atoms with van der Waals surface area (Å²) in [7, 11) is 1.50. The van der Waals surface area contributed by atoms with Gasteiger partial charge in [-0.15, -0.1) is 0 Å². The van der Waals surface area contributed by atoms with E-state index in [9.17, 15) is 5.11 Å². The molecule has 0 spiro atoms. The van der Waals surface area contributed by atoms with Gasteiger partial charge < -0.3 is 25.1 Å². The molecule has 18 heavy (non-hydrogen) atoms. The third-order valence-electron chi connectivity index (χ3n) is 2.75. The fourth-order valence-corrected chi connectivity index (χ4v) is 2.20. The Morgan fingerprint density at radius 2 is 2.22 bits per heavy atom. The number of rotatable bonds is 3. The molecular formula is C12H16ClNO4. The number of aliphatic hydroxyl groups excluding tert-OH is 1. The Balaban J connectivity index is 2.60. The molecular weight excluding hydrogens is 258 g/mol. The Labute approximate surface area is 110 Å². The summed E-state index contributed by atoms with van der Waals surface area (Å²) in [4.78, 5) is 0. The second kappa shape index (κ2) is 5.65. The van der Waals surface area contributed by atoms with Gasteiger partial charge in [0.15, 0.2) is 11.5 Å². The summed E-state index contributed by atoms with van der Waals surface area (Å²) >= 11 is 6.12. The van der Waals surface area contributed by atoms with Gasteiger partial charge in [-0.3, -0.25) is 0 Å². The second-order valence-corrected chi connectivity index (χ2v) is 4.38. The molecule has 0 radical (unpaired) electrons. The maximum atomic E-state index is 9.25. The van der Waals surface area contributed by atoms with Crippen molar-refractivity contribution in [3.63, 3.8) is 0 Å². The number of ether oxygens (including phenoxy) is 3. The predicted molar refractivity (Wildman–Crippen MR) is 67.6 cm³/mol. The zero-order valence-electron chi connectivity index (χ0n) is 10.1. The van der Waals surface area contributed by atoms with E-state index in [0.29, 0.717) is 41.0 Å². The average Bonchev–Trinajstić information content (AvgIpc) is 2.61. The van der Waals surface area contributed by atoms with Gasteiger partial charge in [0.1, 0.15) is 5.75 Å². The maximum absolute atomic E-state index is 9.25. The smallest absolute Gasteiger partial charge is 0.169 e. The van der Waals surface area contributed by atoms with Crippen LogP contribution in [0.2, 0.25) is 5.02 Å². The van der Waals surface area contributed by atoms with Crippen molar-refractivity contribution < 1.29 is 19.3 Å². The van der Waals surface area contributed by atoms with Crippen LogP contribution in [0.5, 0.6) is 17.2 Å². The molecule has 0 bridgehead atoms. The first-order valence-electron chi connectivity index (χ1n) is 5.71. The van der Waals surface area contributed by atoms with Crippen LogP contribution >= 0.6 is 11.6 Å². The van der Waals surface area contributed by atoms with E-state index in [1.165, 1.54) is 7.11 Å². The van der Waals surface area contributed by atoms with E-state index >= 15 is 0 Å². The lowest BCUT2D eigenvalue weighted by atomic mass is 10.0.